The van der Waals surface area contributed by atoms with Crippen molar-refractivity contribution in [3.8, 4) is 0 Å². The summed E-state index contributed by atoms with van der Waals surface area (Å²) in [7, 11) is 0. The van der Waals surface area contributed by atoms with Crippen LogP contribution in [0.3, 0.4) is 0 Å². The topological polar surface area (TPSA) is 66.3 Å². The molecule has 29 heavy (non-hydrogen) atoms. The molecular weight excluding hydrogens is 364 g/mol. The molecule has 7 heteroatoms. The lowest BCUT2D eigenvalue weighted by molar-refractivity contribution is -0.124. The average Bonchev–Trinajstić information content (AvgIpc) is 3.22. The number of fused-ring (bicyclic) bond motifs is 1. The van der Waals surface area contributed by atoms with E-state index >= 15 is 0 Å². The zero-order valence-corrected chi connectivity index (χ0v) is 17.0. The molecule has 1 aromatic heterocycles. The Kier molecular flexibility index (Phi) is 5.33. The number of aromatic nitrogens is 3. The number of nitrogens with one attached hydrogen (secondary N) is 1. The molecule has 3 aliphatic rings. The summed E-state index contributed by atoms with van der Waals surface area (Å²) in [6.45, 7) is 5.03. The van der Waals surface area contributed by atoms with E-state index < -0.39 is 0 Å². The Morgan fingerprint density at radius 1 is 1.03 bits per heavy atom. The van der Waals surface area contributed by atoms with Gasteiger partial charge in [-0.05, 0) is 43.2 Å². The lowest BCUT2D eigenvalue weighted by atomic mass is 9.86. The molecular formula is C22H30N6O. The van der Waals surface area contributed by atoms with Crippen LogP contribution in [-0.4, -0.2) is 69.5 Å². The van der Waals surface area contributed by atoms with Crippen LogP contribution in [0.1, 0.15) is 42.1 Å². The summed E-state index contributed by atoms with van der Waals surface area (Å²) in [6, 6.07) is 10.0. The van der Waals surface area contributed by atoms with E-state index in [9.17, 15) is 4.79 Å². The zero-order valence-electron chi connectivity index (χ0n) is 17.0. The third-order valence-corrected chi connectivity index (χ3v) is 6.77. The Morgan fingerprint density at radius 2 is 1.86 bits per heavy atom. The Balaban J connectivity index is 1.14. The Morgan fingerprint density at radius 3 is 2.69 bits per heavy atom. The van der Waals surface area contributed by atoms with E-state index in [4.69, 9.17) is 0 Å². The van der Waals surface area contributed by atoms with Crippen LogP contribution in [0.5, 0.6) is 0 Å². The van der Waals surface area contributed by atoms with Crippen LogP contribution in [0.4, 0.5) is 0 Å². The Hall–Kier alpha value is -2.25. The van der Waals surface area contributed by atoms with Gasteiger partial charge in [0, 0.05) is 38.8 Å². The van der Waals surface area contributed by atoms with Gasteiger partial charge in [-0.2, -0.15) is 0 Å². The van der Waals surface area contributed by atoms with Gasteiger partial charge in [-0.15, -0.1) is 5.10 Å². The Labute approximate surface area is 172 Å². The number of benzene rings is 1. The summed E-state index contributed by atoms with van der Waals surface area (Å²) in [5.41, 5.74) is 4.05. The monoisotopic (exact) mass is 394 g/mol. The maximum absolute atomic E-state index is 11.5. The van der Waals surface area contributed by atoms with E-state index in [1.807, 2.05) is 0 Å². The molecule has 154 valence electrons. The van der Waals surface area contributed by atoms with Gasteiger partial charge in [0.2, 0.25) is 5.91 Å². The summed E-state index contributed by atoms with van der Waals surface area (Å²) in [5, 5.41) is 11.6. The second-order valence-corrected chi connectivity index (χ2v) is 8.68. The fourth-order valence-electron chi connectivity index (χ4n) is 5.13. The summed E-state index contributed by atoms with van der Waals surface area (Å²) in [5.74, 6) is 0.0985. The maximum atomic E-state index is 11.5. The van der Waals surface area contributed by atoms with Crippen LogP contribution in [0.25, 0.3) is 0 Å². The van der Waals surface area contributed by atoms with Gasteiger partial charge in [-0.25, -0.2) is 4.68 Å². The maximum Gasteiger partial charge on any atom is 0.234 e. The highest BCUT2D eigenvalue weighted by atomic mass is 16.2. The fourth-order valence-corrected chi connectivity index (χ4v) is 5.13. The third-order valence-electron chi connectivity index (χ3n) is 6.77. The number of carbonyl (C=O) groups excluding carboxylic acids is 1. The van der Waals surface area contributed by atoms with Crippen molar-refractivity contribution < 1.29 is 4.79 Å². The first-order chi connectivity index (χ1) is 14.2. The molecule has 1 aromatic carbocycles. The minimum absolute atomic E-state index is 0.0985. The number of likely N-dealkylation sites (tertiary alicyclic amines) is 1. The normalized spacial score (nSPS) is 24.3. The first-order valence-corrected chi connectivity index (χ1v) is 11.0. The van der Waals surface area contributed by atoms with Crippen molar-refractivity contribution in [3.05, 3.63) is 47.3 Å². The van der Waals surface area contributed by atoms with E-state index in [0.717, 1.165) is 44.7 Å². The predicted molar refractivity (Wildman–Crippen MR) is 110 cm³/mol. The molecule has 0 bridgehead atoms. The lowest BCUT2D eigenvalue weighted by Gasteiger charge is -2.39. The van der Waals surface area contributed by atoms with E-state index in [1.54, 1.807) is 5.56 Å². The van der Waals surface area contributed by atoms with Gasteiger partial charge < -0.3 is 5.32 Å². The van der Waals surface area contributed by atoms with Gasteiger partial charge >= 0.3 is 0 Å². The lowest BCUT2D eigenvalue weighted by Crippen LogP contribution is -2.47. The average molecular weight is 395 g/mol. The minimum atomic E-state index is 0.0985. The van der Waals surface area contributed by atoms with Crippen molar-refractivity contribution in [3.63, 3.8) is 0 Å². The Bertz CT molecular complexity index is 856. The molecule has 1 aliphatic carbocycles. The van der Waals surface area contributed by atoms with Gasteiger partial charge in [0.25, 0.3) is 0 Å². The van der Waals surface area contributed by atoms with Gasteiger partial charge in [0.1, 0.15) is 0 Å². The summed E-state index contributed by atoms with van der Waals surface area (Å²) < 4.78 is 2.06. The van der Waals surface area contributed by atoms with Crippen LogP contribution in [-0.2, 0) is 24.2 Å². The number of hydrogen-bond acceptors (Lipinski definition) is 5. The van der Waals surface area contributed by atoms with Crippen molar-refractivity contribution >= 4 is 5.91 Å². The minimum Gasteiger partial charge on any atom is -0.354 e. The number of rotatable bonds is 4. The largest absolute Gasteiger partial charge is 0.354 e. The predicted octanol–water partition coefficient (Wildman–Crippen LogP) is 1.40. The molecule has 2 fully saturated rings. The number of hydrogen-bond donors (Lipinski definition) is 1. The molecule has 3 heterocycles. The smallest absolute Gasteiger partial charge is 0.234 e. The first kappa shape index (κ1) is 18.8. The number of nitrogens with zero attached hydrogens (tertiary/aromatic N) is 5. The molecule has 0 saturated carbocycles. The van der Waals surface area contributed by atoms with Crippen molar-refractivity contribution in [1.82, 2.24) is 30.1 Å². The highest BCUT2D eigenvalue weighted by Gasteiger charge is 2.29. The third kappa shape index (κ3) is 4.21. The van der Waals surface area contributed by atoms with Crippen LogP contribution in [0.2, 0.25) is 0 Å². The fraction of sp³-hybridized carbons (Fsp3) is 0.591. The quantitative estimate of drug-likeness (QED) is 0.849. The van der Waals surface area contributed by atoms with E-state index in [1.165, 1.54) is 24.8 Å². The highest BCUT2D eigenvalue weighted by Crippen LogP contribution is 2.29. The SMILES string of the molecule is O=C1CN(Cc2cn(C3CCN(C4CCc5ccccc5C4)CC3)nn2)CCN1. The van der Waals surface area contributed by atoms with Crippen LogP contribution in [0.15, 0.2) is 30.5 Å². The van der Waals surface area contributed by atoms with Gasteiger partial charge in [-0.3, -0.25) is 14.6 Å². The molecule has 1 unspecified atom stereocenters. The van der Waals surface area contributed by atoms with Gasteiger partial charge in [0.15, 0.2) is 0 Å². The second kappa shape index (κ2) is 8.24. The molecule has 7 nitrogen and oxygen atoms in total. The van der Waals surface area contributed by atoms with Crippen LogP contribution in [0, 0.1) is 0 Å². The zero-order chi connectivity index (χ0) is 19.6. The summed E-state index contributed by atoms with van der Waals surface area (Å²) in [4.78, 5) is 16.4. The van der Waals surface area contributed by atoms with E-state index in [0.29, 0.717) is 25.2 Å². The molecule has 2 aliphatic heterocycles. The second-order valence-electron chi connectivity index (χ2n) is 8.68. The van der Waals surface area contributed by atoms with Gasteiger partial charge in [-0.1, -0.05) is 29.5 Å². The molecule has 5 rings (SSSR count). The standard InChI is InChI=1S/C22H30N6O/c29-22-16-26(12-9-23-22)14-19-15-28(25-24-19)20-7-10-27(11-8-20)21-6-5-17-3-1-2-4-18(17)13-21/h1-4,15,20-21H,5-14,16H2,(H,23,29). The summed E-state index contributed by atoms with van der Waals surface area (Å²) >= 11 is 0. The summed E-state index contributed by atoms with van der Waals surface area (Å²) in [6.07, 6.45) is 8.03. The molecule has 1 atom stereocenters. The van der Waals surface area contributed by atoms with Crippen molar-refractivity contribution in [2.75, 3.05) is 32.7 Å². The van der Waals surface area contributed by atoms with Crippen LogP contribution < -0.4 is 5.32 Å². The number of piperidine rings is 1. The van der Waals surface area contributed by atoms with Crippen LogP contribution >= 0.6 is 0 Å². The molecule has 0 spiro atoms. The van der Waals surface area contributed by atoms with Crippen molar-refractivity contribution in [2.45, 2.75) is 50.7 Å². The molecule has 1 N–H and O–H groups in total. The number of aryl methyl sites for hydroxylation is 1. The molecule has 2 aromatic rings. The van der Waals surface area contributed by atoms with Crippen molar-refractivity contribution in [1.29, 1.82) is 0 Å². The number of amides is 1. The molecule has 2 saturated heterocycles. The number of piperazine rings is 1. The van der Waals surface area contributed by atoms with Gasteiger partial charge in [0.05, 0.1) is 24.5 Å². The first-order valence-electron chi connectivity index (χ1n) is 11.0. The number of carbonyl (C=O) groups is 1. The van der Waals surface area contributed by atoms with E-state index in [2.05, 4.69) is 60.6 Å². The van der Waals surface area contributed by atoms with E-state index in [-0.39, 0.29) is 5.91 Å². The highest BCUT2D eigenvalue weighted by molar-refractivity contribution is 5.78. The van der Waals surface area contributed by atoms with Crippen molar-refractivity contribution in [2.24, 2.45) is 0 Å². The molecule has 1 amide bonds. The molecule has 0 radical (unpaired) electrons.